The molecule has 0 aromatic rings. The third-order valence-corrected chi connectivity index (χ3v) is 9.17. The standard InChI is InChI=1S/C18H30Br2F2/c1-2-3-4-5-13-6-8-14(9-7-13)15-10-11-18(20,17(21)22)16(19)12-15/h13-17H,2-12H2,1H3. The molecule has 0 heterocycles. The first-order chi connectivity index (χ1) is 10.5. The number of rotatable bonds is 6. The van der Waals surface area contributed by atoms with Crippen LogP contribution in [0, 0.1) is 17.8 Å². The molecule has 0 amide bonds. The van der Waals surface area contributed by atoms with Crippen molar-refractivity contribution in [2.45, 2.75) is 93.1 Å². The molecule has 0 nitrogen and oxygen atoms in total. The molecule has 0 bridgehead atoms. The summed E-state index contributed by atoms with van der Waals surface area (Å²) in [6.45, 7) is 2.26. The number of halogens is 4. The molecule has 2 fully saturated rings. The fourth-order valence-corrected chi connectivity index (χ4v) is 5.77. The van der Waals surface area contributed by atoms with Gasteiger partial charge in [-0.2, -0.15) is 0 Å². The second-order valence-corrected chi connectivity index (χ2v) is 10.1. The zero-order valence-corrected chi connectivity index (χ0v) is 16.8. The minimum absolute atomic E-state index is 0.0963. The molecule has 2 aliphatic rings. The van der Waals surface area contributed by atoms with Gasteiger partial charge in [-0.05, 0) is 49.9 Å². The fourth-order valence-electron chi connectivity index (χ4n) is 4.45. The molecule has 0 N–H and O–H groups in total. The third-order valence-electron chi connectivity index (χ3n) is 6.07. The highest BCUT2D eigenvalue weighted by molar-refractivity contribution is 9.12. The predicted molar refractivity (Wildman–Crippen MR) is 97.3 cm³/mol. The molecule has 0 aromatic heterocycles. The van der Waals surface area contributed by atoms with Gasteiger partial charge in [0.25, 0.3) is 6.43 Å². The van der Waals surface area contributed by atoms with E-state index in [0.29, 0.717) is 12.3 Å². The molecule has 22 heavy (non-hydrogen) atoms. The summed E-state index contributed by atoms with van der Waals surface area (Å²) in [6, 6.07) is 0. The summed E-state index contributed by atoms with van der Waals surface area (Å²) < 4.78 is 25.5. The number of unbranched alkanes of at least 4 members (excludes halogenated alkanes) is 2. The molecule has 2 aliphatic carbocycles. The summed E-state index contributed by atoms with van der Waals surface area (Å²) in [6.07, 6.45) is 11.0. The SMILES string of the molecule is CCCCCC1CCC(C2CCC(Br)(C(F)F)C(Br)C2)CC1. The predicted octanol–water partition coefficient (Wildman–Crippen LogP) is 7.34. The summed E-state index contributed by atoms with van der Waals surface area (Å²) in [5.74, 6) is 2.35. The zero-order chi connectivity index (χ0) is 16.2. The van der Waals surface area contributed by atoms with Crippen molar-refractivity contribution in [3.63, 3.8) is 0 Å². The van der Waals surface area contributed by atoms with Crippen LogP contribution in [0.3, 0.4) is 0 Å². The third kappa shape index (κ3) is 4.68. The van der Waals surface area contributed by atoms with Crippen molar-refractivity contribution < 1.29 is 8.78 Å². The molecule has 3 atom stereocenters. The van der Waals surface area contributed by atoms with Crippen LogP contribution >= 0.6 is 31.9 Å². The molecule has 2 rings (SSSR count). The van der Waals surface area contributed by atoms with Crippen LogP contribution in [0.5, 0.6) is 0 Å². The van der Waals surface area contributed by atoms with Crippen LogP contribution in [0.4, 0.5) is 8.78 Å². The van der Waals surface area contributed by atoms with E-state index in [9.17, 15) is 8.78 Å². The van der Waals surface area contributed by atoms with Gasteiger partial charge in [-0.25, -0.2) is 8.78 Å². The first-order valence-electron chi connectivity index (χ1n) is 9.08. The average Bonchev–Trinajstić information content (AvgIpc) is 2.51. The summed E-state index contributed by atoms with van der Waals surface area (Å²) in [4.78, 5) is -0.0963. The number of alkyl halides is 4. The van der Waals surface area contributed by atoms with Crippen LogP contribution in [0.2, 0.25) is 0 Å². The highest BCUT2D eigenvalue weighted by Crippen LogP contribution is 2.50. The molecule has 0 aromatic carbocycles. The van der Waals surface area contributed by atoms with Crippen LogP contribution in [0.1, 0.15) is 77.6 Å². The number of hydrogen-bond donors (Lipinski definition) is 0. The molecule has 3 unspecified atom stereocenters. The van der Waals surface area contributed by atoms with E-state index in [1.807, 2.05) is 0 Å². The van der Waals surface area contributed by atoms with Gasteiger partial charge in [-0.1, -0.05) is 77.3 Å². The van der Waals surface area contributed by atoms with Gasteiger partial charge in [0, 0.05) is 4.83 Å². The van der Waals surface area contributed by atoms with Crippen LogP contribution in [0.25, 0.3) is 0 Å². The zero-order valence-electron chi connectivity index (χ0n) is 13.7. The highest BCUT2D eigenvalue weighted by Gasteiger charge is 2.48. The second kappa shape index (κ2) is 8.78. The van der Waals surface area contributed by atoms with Gasteiger partial charge in [0.15, 0.2) is 0 Å². The Kier molecular flexibility index (Phi) is 7.64. The molecular formula is C18H30Br2F2. The maximum atomic E-state index is 13.2. The minimum atomic E-state index is -2.29. The summed E-state index contributed by atoms with van der Waals surface area (Å²) in [5, 5.41) is 0. The fraction of sp³-hybridized carbons (Fsp3) is 1.00. The van der Waals surface area contributed by atoms with Crippen molar-refractivity contribution in [3.05, 3.63) is 0 Å². The smallest absolute Gasteiger partial charge is 0.209 e. The topological polar surface area (TPSA) is 0 Å². The van der Waals surface area contributed by atoms with E-state index in [4.69, 9.17) is 0 Å². The van der Waals surface area contributed by atoms with E-state index < -0.39 is 10.7 Å². The van der Waals surface area contributed by atoms with E-state index in [0.717, 1.165) is 24.7 Å². The lowest BCUT2D eigenvalue weighted by Gasteiger charge is -2.43. The monoisotopic (exact) mass is 442 g/mol. The number of hydrogen-bond acceptors (Lipinski definition) is 0. The first kappa shape index (κ1) is 19.1. The lowest BCUT2D eigenvalue weighted by atomic mass is 9.68. The Balaban J connectivity index is 1.76. The Morgan fingerprint density at radius 2 is 1.73 bits per heavy atom. The van der Waals surface area contributed by atoms with Gasteiger partial charge < -0.3 is 0 Å². The van der Waals surface area contributed by atoms with Crippen molar-refractivity contribution >= 4 is 31.9 Å². The quantitative estimate of drug-likeness (QED) is 0.297. The molecule has 0 spiro atoms. The van der Waals surface area contributed by atoms with Crippen LogP contribution in [-0.4, -0.2) is 15.6 Å². The second-order valence-electron chi connectivity index (χ2n) is 7.51. The van der Waals surface area contributed by atoms with Gasteiger partial charge in [0.05, 0.1) is 4.32 Å². The van der Waals surface area contributed by atoms with Crippen molar-refractivity contribution in [2.24, 2.45) is 17.8 Å². The Hall–Kier alpha value is 0.820. The van der Waals surface area contributed by atoms with E-state index >= 15 is 0 Å². The first-order valence-corrected chi connectivity index (χ1v) is 10.8. The molecule has 130 valence electrons. The highest BCUT2D eigenvalue weighted by atomic mass is 79.9. The van der Waals surface area contributed by atoms with Gasteiger partial charge in [-0.15, -0.1) is 0 Å². The molecule has 4 heteroatoms. The lowest BCUT2D eigenvalue weighted by Crippen LogP contribution is -2.45. The Morgan fingerprint density at radius 1 is 1.05 bits per heavy atom. The van der Waals surface area contributed by atoms with E-state index in [1.54, 1.807) is 0 Å². The van der Waals surface area contributed by atoms with Crippen molar-refractivity contribution in [1.82, 2.24) is 0 Å². The Bertz CT molecular complexity index is 329. The summed E-state index contributed by atoms with van der Waals surface area (Å²) in [7, 11) is 0. The van der Waals surface area contributed by atoms with Crippen LogP contribution in [-0.2, 0) is 0 Å². The molecular weight excluding hydrogens is 414 g/mol. The molecule has 0 saturated heterocycles. The van der Waals surface area contributed by atoms with Crippen molar-refractivity contribution in [1.29, 1.82) is 0 Å². The van der Waals surface area contributed by atoms with E-state index in [2.05, 4.69) is 38.8 Å². The van der Waals surface area contributed by atoms with Crippen LogP contribution in [0.15, 0.2) is 0 Å². The largest absolute Gasteiger partial charge is 0.254 e. The van der Waals surface area contributed by atoms with E-state index in [-0.39, 0.29) is 4.83 Å². The van der Waals surface area contributed by atoms with Crippen LogP contribution < -0.4 is 0 Å². The maximum absolute atomic E-state index is 13.2. The van der Waals surface area contributed by atoms with Gasteiger partial charge >= 0.3 is 0 Å². The summed E-state index contributed by atoms with van der Waals surface area (Å²) in [5.41, 5.74) is 0. The van der Waals surface area contributed by atoms with Crippen molar-refractivity contribution in [3.8, 4) is 0 Å². The molecule has 2 saturated carbocycles. The normalized spacial score (nSPS) is 40.1. The molecule has 0 aliphatic heterocycles. The van der Waals surface area contributed by atoms with Crippen molar-refractivity contribution in [2.75, 3.05) is 0 Å². The van der Waals surface area contributed by atoms with E-state index in [1.165, 1.54) is 51.4 Å². The van der Waals surface area contributed by atoms with Gasteiger partial charge in [-0.3, -0.25) is 0 Å². The minimum Gasteiger partial charge on any atom is -0.209 e. The summed E-state index contributed by atoms with van der Waals surface area (Å²) >= 11 is 6.87. The average molecular weight is 444 g/mol. The Labute approximate surface area is 151 Å². The maximum Gasteiger partial charge on any atom is 0.254 e. The lowest BCUT2D eigenvalue weighted by molar-refractivity contribution is 0.0633. The Morgan fingerprint density at radius 3 is 2.27 bits per heavy atom. The van der Waals surface area contributed by atoms with Gasteiger partial charge in [0.2, 0.25) is 0 Å². The molecule has 0 radical (unpaired) electrons. The van der Waals surface area contributed by atoms with Gasteiger partial charge in [0.1, 0.15) is 0 Å².